The van der Waals surface area contributed by atoms with Gasteiger partial charge in [0.2, 0.25) is 0 Å². The first-order valence-electron chi connectivity index (χ1n) is 4.59. The standard InChI is InChI=1S/C9H12N6/c1-6(8-12-5-13-15-8)14-9-7(10)3-2-4-11-9/h2-6H,10H2,1H3,(H,11,14)(H,12,13,15). The number of rotatable bonds is 3. The Morgan fingerprint density at radius 3 is 3.00 bits per heavy atom. The lowest BCUT2D eigenvalue weighted by Gasteiger charge is -2.12. The maximum Gasteiger partial charge on any atom is 0.149 e. The predicted molar refractivity (Wildman–Crippen MR) is 57.1 cm³/mol. The number of hydrogen-bond donors (Lipinski definition) is 3. The summed E-state index contributed by atoms with van der Waals surface area (Å²) in [5.41, 5.74) is 6.37. The maximum absolute atomic E-state index is 5.75. The molecule has 6 nitrogen and oxygen atoms in total. The van der Waals surface area contributed by atoms with Crippen LogP contribution in [0.5, 0.6) is 0 Å². The quantitative estimate of drug-likeness (QED) is 0.692. The predicted octanol–water partition coefficient (Wildman–Crippen LogP) is 0.955. The van der Waals surface area contributed by atoms with Crippen LogP contribution in [-0.4, -0.2) is 20.2 Å². The smallest absolute Gasteiger partial charge is 0.149 e. The monoisotopic (exact) mass is 204 g/mol. The van der Waals surface area contributed by atoms with E-state index in [1.165, 1.54) is 6.33 Å². The third-order valence-corrected chi connectivity index (χ3v) is 2.04. The fourth-order valence-corrected chi connectivity index (χ4v) is 1.24. The zero-order chi connectivity index (χ0) is 10.7. The molecule has 0 aromatic carbocycles. The summed E-state index contributed by atoms with van der Waals surface area (Å²) < 4.78 is 0. The fraction of sp³-hybridized carbons (Fsp3) is 0.222. The number of aromatic amines is 1. The van der Waals surface area contributed by atoms with E-state index in [2.05, 4.69) is 25.5 Å². The molecular weight excluding hydrogens is 192 g/mol. The van der Waals surface area contributed by atoms with Crippen LogP contribution in [-0.2, 0) is 0 Å². The van der Waals surface area contributed by atoms with Gasteiger partial charge in [0.1, 0.15) is 18.0 Å². The van der Waals surface area contributed by atoms with E-state index < -0.39 is 0 Å². The molecular formula is C9H12N6. The van der Waals surface area contributed by atoms with Crippen molar-refractivity contribution in [2.45, 2.75) is 13.0 Å². The van der Waals surface area contributed by atoms with Gasteiger partial charge in [-0.15, -0.1) is 0 Å². The van der Waals surface area contributed by atoms with Crippen molar-refractivity contribution in [3.63, 3.8) is 0 Å². The molecule has 0 aliphatic heterocycles. The molecule has 2 rings (SSSR count). The summed E-state index contributed by atoms with van der Waals surface area (Å²) in [7, 11) is 0. The molecule has 1 atom stereocenters. The summed E-state index contributed by atoms with van der Waals surface area (Å²) in [6, 6.07) is 3.58. The third-order valence-electron chi connectivity index (χ3n) is 2.04. The van der Waals surface area contributed by atoms with Crippen LogP contribution in [0.15, 0.2) is 24.7 Å². The molecule has 2 heterocycles. The van der Waals surface area contributed by atoms with Crippen LogP contribution < -0.4 is 11.1 Å². The molecule has 15 heavy (non-hydrogen) atoms. The van der Waals surface area contributed by atoms with E-state index in [9.17, 15) is 0 Å². The van der Waals surface area contributed by atoms with Gasteiger partial charge in [0.15, 0.2) is 0 Å². The Bertz CT molecular complexity index is 424. The number of nitrogens with zero attached hydrogens (tertiary/aromatic N) is 3. The number of nitrogens with two attached hydrogens (primary N) is 1. The number of aromatic nitrogens is 4. The van der Waals surface area contributed by atoms with E-state index in [0.29, 0.717) is 11.5 Å². The highest BCUT2D eigenvalue weighted by molar-refractivity contribution is 5.60. The number of nitrogens with one attached hydrogen (secondary N) is 2. The molecule has 1 unspecified atom stereocenters. The number of pyridine rings is 1. The van der Waals surface area contributed by atoms with Crippen LogP contribution in [0.1, 0.15) is 18.8 Å². The first kappa shape index (κ1) is 9.45. The van der Waals surface area contributed by atoms with E-state index in [-0.39, 0.29) is 6.04 Å². The molecule has 0 radical (unpaired) electrons. The van der Waals surface area contributed by atoms with Crippen LogP contribution in [0.2, 0.25) is 0 Å². The van der Waals surface area contributed by atoms with Gasteiger partial charge in [-0.2, -0.15) is 5.10 Å². The molecule has 0 aliphatic rings. The lowest BCUT2D eigenvalue weighted by molar-refractivity contribution is 0.791. The maximum atomic E-state index is 5.75. The minimum absolute atomic E-state index is 0.00954. The van der Waals surface area contributed by atoms with Gasteiger partial charge in [0.05, 0.1) is 11.7 Å². The van der Waals surface area contributed by atoms with Crippen molar-refractivity contribution in [3.8, 4) is 0 Å². The fourth-order valence-electron chi connectivity index (χ4n) is 1.24. The Labute approximate surface area is 86.9 Å². The summed E-state index contributed by atoms with van der Waals surface area (Å²) >= 11 is 0. The van der Waals surface area contributed by atoms with Gasteiger partial charge in [-0.25, -0.2) is 9.97 Å². The number of hydrogen-bond acceptors (Lipinski definition) is 5. The van der Waals surface area contributed by atoms with Gasteiger partial charge in [0.25, 0.3) is 0 Å². The first-order chi connectivity index (χ1) is 7.27. The van der Waals surface area contributed by atoms with Gasteiger partial charge < -0.3 is 11.1 Å². The van der Waals surface area contributed by atoms with Crippen molar-refractivity contribution in [1.29, 1.82) is 0 Å². The highest BCUT2D eigenvalue weighted by Gasteiger charge is 2.09. The normalized spacial score (nSPS) is 12.3. The van der Waals surface area contributed by atoms with Crippen LogP contribution >= 0.6 is 0 Å². The average molecular weight is 204 g/mol. The molecule has 0 bridgehead atoms. The van der Waals surface area contributed by atoms with E-state index in [4.69, 9.17) is 5.73 Å². The minimum Gasteiger partial charge on any atom is -0.396 e. The summed E-state index contributed by atoms with van der Waals surface area (Å²) in [4.78, 5) is 8.17. The summed E-state index contributed by atoms with van der Waals surface area (Å²) in [6.07, 6.45) is 3.15. The Balaban J connectivity index is 2.13. The van der Waals surface area contributed by atoms with Crippen LogP contribution in [0.4, 0.5) is 11.5 Å². The average Bonchev–Trinajstić information content (AvgIpc) is 2.74. The van der Waals surface area contributed by atoms with Gasteiger partial charge in [-0.1, -0.05) is 0 Å². The molecule has 0 saturated heterocycles. The van der Waals surface area contributed by atoms with Crippen LogP contribution in [0.25, 0.3) is 0 Å². The number of nitrogen functional groups attached to an aromatic ring is 1. The highest BCUT2D eigenvalue weighted by Crippen LogP contribution is 2.18. The number of H-pyrrole nitrogens is 1. The van der Waals surface area contributed by atoms with Crippen molar-refractivity contribution in [3.05, 3.63) is 30.5 Å². The largest absolute Gasteiger partial charge is 0.396 e. The highest BCUT2D eigenvalue weighted by atomic mass is 15.2. The molecule has 2 aromatic rings. The second kappa shape index (κ2) is 3.95. The van der Waals surface area contributed by atoms with E-state index >= 15 is 0 Å². The zero-order valence-electron chi connectivity index (χ0n) is 8.31. The van der Waals surface area contributed by atoms with E-state index in [1.807, 2.05) is 6.92 Å². The van der Waals surface area contributed by atoms with E-state index in [0.717, 1.165) is 5.82 Å². The second-order valence-electron chi connectivity index (χ2n) is 3.18. The Hall–Kier alpha value is -2.11. The third kappa shape index (κ3) is 2.04. The van der Waals surface area contributed by atoms with Crippen molar-refractivity contribution in [2.75, 3.05) is 11.1 Å². The Kier molecular flexibility index (Phi) is 2.49. The van der Waals surface area contributed by atoms with Crippen molar-refractivity contribution in [2.24, 2.45) is 0 Å². The number of anilines is 2. The van der Waals surface area contributed by atoms with Crippen LogP contribution in [0.3, 0.4) is 0 Å². The molecule has 78 valence electrons. The topological polar surface area (TPSA) is 92.5 Å². The molecule has 0 fully saturated rings. The van der Waals surface area contributed by atoms with E-state index in [1.54, 1.807) is 18.3 Å². The summed E-state index contributed by atoms with van der Waals surface area (Å²) in [6.45, 7) is 1.95. The van der Waals surface area contributed by atoms with Gasteiger partial charge in [-0.05, 0) is 19.1 Å². The minimum atomic E-state index is -0.00954. The molecule has 4 N–H and O–H groups in total. The molecule has 0 spiro atoms. The summed E-state index contributed by atoms with van der Waals surface area (Å²) in [5.74, 6) is 1.40. The summed E-state index contributed by atoms with van der Waals surface area (Å²) in [5, 5.41) is 9.71. The van der Waals surface area contributed by atoms with Crippen molar-refractivity contribution in [1.82, 2.24) is 20.2 Å². The van der Waals surface area contributed by atoms with Gasteiger partial charge in [-0.3, -0.25) is 5.10 Å². The SMILES string of the molecule is CC(Nc1ncccc1N)c1ncn[nH]1. The zero-order valence-corrected chi connectivity index (χ0v) is 8.31. The first-order valence-corrected chi connectivity index (χ1v) is 4.59. The lowest BCUT2D eigenvalue weighted by atomic mass is 10.3. The molecule has 0 saturated carbocycles. The van der Waals surface area contributed by atoms with Crippen molar-refractivity contribution < 1.29 is 0 Å². The second-order valence-corrected chi connectivity index (χ2v) is 3.18. The Morgan fingerprint density at radius 1 is 1.47 bits per heavy atom. The molecule has 0 aliphatic carbocycles. The molecule has 0 amide bonds. The molecule has 6 heteroatoms. The van der Waals surface area contributed by atoms with Gasteiger partial charge in [0, 0.05) is 6.20 Å². The van der Waals surface area contributed by atoms with Crippen LogP contribution in [0, 0.1) is 0 Å². The Morgan fingerprint density at radius 2 is 2.33 bits per heavy atom. The lowest BCUT2D eigenvalue weighted by Crippen LogP contribution is -2.11. The molecule has 2 aromatic heterocycles. The van der Waals surface area contributed by atoms with Crippen molar-refractivity contribution >= 4 is 11.5 Å². The van der Waals surface area contributed by atoms with Gasteiger partial charge >= 0.3 is 0 Å².